The number of pyridine rings is 1. The zero-order valence-electron chi connectivity index (χ0n) is 16.6. The van der Waals surface area contributed by atoms with E-state index in [0.717, 1.165) is 54.9 Å². The van der Waals surface area contributed by atoms with Crippen LogP contribution in [0.3, 0.4) is 0 Å². The maximum atomic E-state index is 12.8. The van der Waals surface area contributed by atoms with Crippen molar-refractivity contribution < 1.29 is 4.79 Å². The fourth-order valence-electron chi connectivity index (χ4n) is 4.48. The van der Waals surface area contributed by atoms with Crippen LogP contribution in [0.1, 0.15) is 24.2 Å². The van der Waals surface area contributed by atoms with Gasteiger partial charge in [-0.3, -0.25) is 4.79 Å². The number of imidazole rings is 1. The van der Waals surface area contributed by atoms with E-state index in [4.69, 9.17) is 4.98 Å². The monoisotopic (exact) mass is 387 g/mol. The van der Waals surface area contributed by atoms with E-state index in [-0.39, 0.29) is 5.91 Å². The average molecular weight is 387 g/mol. The summed E-state index contributed by atoms with van der Waals surface area (Å²) in [5, 5.41) is 1.22. The molecular formula is C23H25N5O. The van der Waals surface area contributed by atoms with E-state index in [1.165, 1.54) is 10.9 Å². The first-order valence-corrected chi connectivity index (χ1v) is 10.3. The van der Waals surface area contributed by atoms with Gasteiger partial charge in [-0.15, -0.1) is 0 Å². The molecule has 0 bridgehead atoms. The summed E-state index contributed by atoms with van der Waals surface area (Å²) in [6, 6.07) is 12.2. The van der Waals surface area contributed by atoms with Crippen LogP contribution in [0.5, 0.6) is 0 Å². The first-order valence-electron chi connectivity index (χ1n) is 10.3. The number of likely N-dealkylation sites (tertiary alicyclic amines) is 1. The minimum atomic E-state index is 0.254. The Morgan fingerprint density at radius 2 is 2.14 bits per heavy atom. The second kappa shape index (κ2) is 7.35. The maximum absolute atomic E-state index is 12.8. The maximum Gasteiger partial charge on any atom is 0.222 e. The molecule has 6 heteroatoms. The molecule has 3 aromatic heterocycles. The first kappa shape index (κ1) is 17.9. The molecule has 0 saturated carbocycles. The van der Waals surface area contributed by atoms with Gasteiger partial charge in [0.25, 0.3) is 0 Å². The van der Waals surface area contributed by atoms with Crippen molar-refractivity contribution in [3.63, 3.8) is 0 Å². The van der Waals surface area contributed by atoms with E-state index in [2.05, 4.69) is 26.7 Å². The van der Waals surface area contributed by atoms with Crippen molar-refractivity contribution in [1.29, 1.82) is 0 Å². The molecule has 0 radical (unpaired) electrons. The lowest BCUT2D eigenvalue weighted by atomic mass is 10.0. The summed E-state index contributed by atoms with van der Waals surface area (Å²) in [6.45, 7) is 1.67. The number of amides is 1. The average Bonchev–Trinajstić information content (AvgIpc) is 3.45. The summed E-state index contributed by atoms with van der Waals surface area (Å²) < 4.78 is 2.08. The van der Waals surface area contributed by atoms with Gasteiger partial charge in [-0.05, 0) is 42.5 Å². The Kier molecular flexibility index (Phi) is 4.54. The Morgan fingerprint density at radius 1 is 1.24 bits per heavy atom. The molecule has 0 spiro atoms. The molecule has 0 aliphatic carbocycles. The molecule has 1 aromatic carbocycles. The number of carbonyl (C=O) groups is 1. The third-order valence-electron chi connectivity index (χ3n) is 6.11. The number of aromatic amines is 1. The zero-order chi connectivity index (χ0) is 19.8. The predicted octanol–water partition coefficient (Wildman–Crippen LogP) is 3.47. The highest BCUT2D eigenvalue weighted by molar-refractivity contribution is 5.84. The van der Waals surface area contributed by atoms with E-state index in [1.807, 2.05) is 42.4 Å². The number of aromatic nitrogens is 4. The fourth-order valence-corrected chi connectivity index (χ4v) is 4.48. The third-order valence-corrected chi connectivity index (χ3v) is 6.11. The van der Waals surface area contributed by atoms with Crippen molar-refractivity contribution in [1.82, 2.24) is 24.4 Å². The molecule has 1 aliphatic rings. The van der Waals surface area contributed by atoms with E-state index in [0.29, 0.717) is 12.3 Å². The van der Waals surface area contributed by atoms with Crippen molar-refractivity contribution in [3.05, 3.63) is 60.2 Å². The third kappa shape index (κ3) is 3.39. The highest BCUT2D eigenvalue weighted by Gasteiger charge is 2.27. The van der Waals surface area contributed by atoms with E-state index >= 15 is 0 Å². The molecule has 5 rings (SSSR count). The zero-order valence-corrected chi connectivity index (χ0v) is 16.6. The SMILES string of the molecule is Cn1c(CC2CCN(C(=O)CCc3c[nH]c4ccccc34)C2)nc2cccnc21. The fraction of sp³-hybridized carbons (Fsp3) is 0.348. The van der Waals surface area contributed by atoms with Crippen molar-refractivity contribution in [3.8, 4) is 0 Å². The minimum absolute atomic E-state index is 0.254. The number of hydrogen-bond acceptors (Lipinski definition) is 3. The highest BCUT2D eigenvalue weighted by Crippen LogP contribution is 2.24. The van der Waals surface area contributed by atoms with E-state index in [1.54, 1.807) is 6.20 Å². The van der Waals surface area contributed by atoms with Gasteiger partial charge in [-0.1, -0.05) is 18.2 Å². The van der Waals surface area contributed by atoms with Crippen molar-refractivity contribution >= 4 is 28.0 Å². The summed E-state index contributed by atoms with van der Waals surface area (Å²) in [6.07, 6.45) is 7.10. The Bertz CT molecular complexity index is 1170. The molecule has 1 saturated heterocycles. The molecule has 4 aromatic rings. The quantitative estimate of drug-likeness (QED) is 0.570. The van der Waals surface area contributed by atoms with Gasteiger partial charge in [-0.25, -0.2) is 9.97 Å². The van der Waals surface area contributed by atoms with Gasteiger partial charge in [0.1, 0.15) is 11.3 Å². The molecular weight excluding hydrogens is 362 g/mol. The standard InChI is InChI=1S/C23H25N5O/c1-27-21(26-20-7-4-11-24-23(20)27)13-16-10-12-28(15-16)22(29)9-8-17-14-25-19-6-3-2-5-18(17)19/h2-7,11,14,16,25H,8-10,12-13,15H2,1H3. The number of carbonyl (C=O) groups excluding carboxylic acids is 1. The Labute approximate surface area is 169 Å². The lowest BCUT2D eigenvalue weighted by Gasteiger charge is -2.16. The lowest BCUT2D eigenvalue weighted by Crippen LogP contribution is -2.29. The van der Waals surface area contributed by atoms with Gasteiger partial charge >= 0.3 is 0 Å². The number of H-pyrrole nitrogens is 1. The first-order chi connectivity index (χ1) is 14.2. The van der Waals surface area contributed by atoms with Gasteiger partial charge in [0.15, 0.2) is 5.65 Å². The van der Waals surface area contributed by atoms with Gasteiger partial charge in [0, 0.05) is 56.3 Å². The second-order valence-electron chi connectivity index (χ2n) is 7.99. The number of fused-ring (bicyclic) bond motifs is 2. The molecule has 4 heterocycles. The van der Waals surface area contributed by atoms with Crippen LogP contribution in [-0.4, -0.2) is 43.4 Å². The van der Waals surface area contributed by atoms with Crippen LogP contribution in [0.2, 0.25) is 0 Å². The van der Waals surface area contributed by atoms with Crippen LogP contribution in [-0.2, 0) is 24.7 Å². The molecule has 29 heavy (non-hydrogen) atoms. The minimum Gasteiger partial charge on any atom is -0.361 e. The van der Waals surface area contributed by atoms with Crippen LogP contribution in [0, 0.1) is 5.92 Å². The number of nitrogens with zero attached hydrogens (tertiary/aromatic N) is 4. The number of nitrogens with one attached hydrogen (secondary N) is 1. The van der Waals surface area contributed by atoms with E-state index in [9.17, 15) is 4.79 Å². The number of aryl methyl sites for hydroxylation is 2. The number of benzene rings is 1. The van der Waals surface area contributed by atoms with Gasteiger partial charge < -0.3 is 14.5 Å². The van der Waals surface area contributed by atoms with Crippen molar-refractivity contribution in [2.45, 2.75) is 25.7 Å². The molecule has 6 nitrogen and oxygen atoms in total. The second-order valence-corrected chi connectivity index (χ2v) is 7.99. The van der Waals surface area contributed by atoms with Gasteiger partial charge in [-0.2, -0.15) is 0 Å². The Hall–Kier alpha value is -3.15. The number of rotatable bonds is 5. The Balaban J connectivity index is 1.20. The summed E-state index contributed by atoms with van der Waals surface area (Å²) in [7, 11) is 2.02. The lowest BCUT2D eigenvalue weighted by molar-refractivity contribution is -0.130. The number of para-hydroxylation sites is 1. The normalized spacial score (nSPS) is 16.9. The van der Waals surface area contributed by atoms with Crippen molar-refractivity contribution in [2.24, 2.45) is 13.0 Å². The Morgan fingerprint density at radius 3 is 3.03 bits per heavy atom. The van der Waals surface area contributed by atoms with Crippen LogP contribution >= 0.6 is 0 Å². The molecule has 1 aliphatic heterocycles. The summed E-state index contributed by atoms with van der Waals surface area (Å²) >= 11 is 0. The summed E-state index contributed by atoms with van der Waals surface area (Å²) in [5.74, 6) is 1.77. The van der Waals surface area contributed by atoms with Crippen LogP contribution in [0.25, 0.3) is 22.1 Å². The van der Waals surface area contributed by atoms with Crippen molar-refractivity contribution in [2.75, 3.05) is 13.1 Å². The van der Waals surface area contributed by atoms with Crippen LogP contribution in [0.4, 0.5) is 0 Å². The summed E-state index contributed by atoms with van der Waals surface area (Å²) in [5.41, 5.74) is 4.21. The smallest absolute Gasteiger partial charge is 0.222 e. The molecule has 1 N–H and O–H groups in total. The largest absolute Gasteiger partial charge is 0.361 e. The van der Waals surface area contributed by atoms with Gasteiger partial charge in [0.05, 0.1) is 0 Å². The topological polar surface area (TPSA) is 66.8 Å². The van der Waals surface area contributed by atoms with Crippen LogP contribution < -0.4 is 0 Å². The molecule has 1 unspecified atom stereocenters. The van der Waals surface area contributed by atoms with Gasteiger partial charge in [0.2, 0.25) is 5.91 Å². The highest BCUT2D eigenvalue weighted by atomic mass is 16.2. The molecule has 1 fully saturated rings. The molecule has 1 amide bonds. The van der Waals surface area contributed by atoms with Crippen LogP contribution in [0.15, 0.2) is 48.8 Å². The molecule has 148 valence electrons. The van der Waals surface area contributed by atoms with E-state index < -0.39 is 0 Å². The predicted molar refractivity (Wildman–Crippen MR) is 114 cm³/mol. The molecule has 1 atom stereocenters. The summed E-state index contributed by atoms with van der Waals surface area (Å²) in [4.78, 5) is 27.2. The number of hydrogen-bond donors (Lipinski definition) is 1.